The second kappa shape index (κ2) is 9.59. The number of aliphatic imine (C=N–C) groups is 1. The zero-order chi connectivity index (χ0) is 19.2. The predicted molar refractivity (Wildman–Crippen MR) is 110 cm³/mol. The lowest BCUT2D eigenvalue weighted by molar-refractivity contribution is -0.135. The Morgan fingerprint density at radius 2 is 1.89 bits per heavy atom. The first-order valence-corrected chi connectivity index (χ1v) is 10.6. The summed E-state index contributed by atoms with van der Waals surface area (Å²) < 4.78 is 6.29. The van der Waals surface area contributed by atoms with Gasteiger partial charge in [0.2, 0.25) is 5.91 Å². The first-order chi connectivity index (χ1) is 13.1. The molecule has 2 saturated heterocycles. The maximum atomic E-state index is 12.6. The van der Waals surface area contributed by atoms with Crippen LogP contribution in [0.2, 0.25) is 0 Å². The maximum absolute atomic E-state index is 12.6. The van der Waals surface area contributed by atoms with E-state index in [2.05, 4.69) is 36.0 Å². The van der Waals surface area contributed by atoms with Gasteiger partial charge in [0, 0.05) is 59.3 Å². The Morgan fingerprint density at radius 3 is 2.48 bits per heavy atom. The van der Waals surface area contributed by atoms with Crippen molar-refractivity contribution in [3.8, 4) is 0 Å². The number of amides is 1. The van der Waals surface area contributed by atoms with Crippen molar-refractivity contribution >= 4 is 27.8 Å². The number of nitrogens with zero attached hydrogens (tertiary/aromatic N) is 4. The van der Waals surface area contributed by atoms with Crippen molar-refractivity contribution in [3.63, 3.8) is 0 Å². The Bertz CT molecular complexity index is 648. The molecule has 1 aromatic rings. The Balaban J connectivity index is 1.43. The van der Waals surface area contributed by atoms with Gasteiger partial charge in [-0.1, -0.05) is 0 Å². The number of nitrogens with one attached hydrogen (secondary N) is 1. The van der Waals surface area contributed by atoms with Crippen LogP contribution in [0.3, 0.4) is 0 Å². The van der Waals surface area contributed by atoms with Crippen LogP contribution in [0.25, 0.3) is 0 Å². The molecule has 150 valence electrons. The minimum atomic E-state index is -0.0300. The lowest BCUT2D eigenvalue weighted by Crippen LogP contribution is -2.57. The molecule has 1 atom stereocenters. The third-order valence-corrected chi connectivity index (χ3v) is 5.86. The normalized spacial score (nSPS) is 20.2. The number of likely N-dealkylation sites (tertiary alicyclic amines) is 1. The number of piperazine rings is 1. The average Bonchev–Trinajstić information content (AvgIpc) is 3.36. The molecule has 2 aliphatic heterocycles. The second-order valence-electron chi connectivity index (χ2n) is 7.16. The Labute approximate surface area is 169 Å². The standard InChI is InChI=1S/C19H30BrN5O2/c1-15(18(26)24-9-3-4-10-24)23-11-13-25(14-12-23)19(21-2)22-8-7-16-5-6-17(20)27-16/h5-6,15H,3-4,7-14H2,1-2H3,(H,21,22). The van der Waals surface area contributed by atoms with E-state index < -0.39 is 0 Å². The molecule has 0 radical (unpaired) electrons. The highest BCUT2D eigenvalue weighted by molar-refractivity contribution is 9.10. The fourth-order valence-electron chi connectivity index (χ4n) is 3.79. The van der Waals surface area contributed by atoms with Crippen molar-refractivity contribution in [2.24, 2.45) is 4.99 Å². The molecule has 1 aromatic heterocycles. The highest BCUT2D eigenvalue weighted by Crippen LogP contribution is 2.15. The SMILES string of the molecule is CN=C(NCCc1ccc(Br)o1)N1CCN(C(C)C(=O)N2CCCC2)CC1. The summed E-state index contributed by atoms with van der Waals surface area (Å²) in [6, 6.07) is 3.86. The number of rotatable bonds is 5. The summed E-state index contributed by atoms with van der Waals surface area (Å²) in [7, 11) is 1.82. The summed E-state index contributed by atoms with van der Waals surface area (Å²) >= 11 is 3.33. The third kappa shape index (κ3) is 5.25. The highest BCUT2D eigenvalue weighted by Gasteiger charge is 2.30. The third-order valence-electron chi connectivity index (χ3n) is 5.43. The fraction of sp³-hybridized carbons (Fsp3) is 0.684. The minimum absolute atomic E-state index is 0.0300. The number of carbonyl (C=O) groups is 1. The zero-order valence-corrected chi connectivity index (χ0v) is 17.9. The van der Waals surface area contributed by atoms with Crippen molar-refractivity contribution in [1.82, 2.24) is 20.0 Å². The molecule has 2 fully saturated rings. The minimum Gasteiger partial charge on any atom is -0.454 e. The molecule has 1 unspecified atom stereocenters. The van der Waals surface area contributed by atoms with Gasteiger partial charge in [-0.05, 0) is 47.8 Å². The molecule has 3 heterocycles. The number of furan rings is 1. The van der Waals surface area contributed by atoms with Gasteiger partial charge in [-0.25, -0.2) is 0 Å². The van der Waals surface area contributed by atoms with E-state index in [1.54, 1.807) is 0 Å². The molecule has 8 heteroatoms. The average molecular weight is 440 g/mol. The van der Waals surface area contributed by atoms with Gasteiger partial charge in [0.1, 0.15) is 5.76 Å². The van der Waals surface area contributed by atoms with E-state index in [0.717, 1.165) is 81.5 Å². The van der Waals surface area contributed by atoms with Crippen LogP contribution in [-0.4, -0.2) is 85.5 Å². The first-order valence-electron chi connectivity index (χ1n) is 9.81. The number of guanidine groups is 1. The van der Waals surface area contributed by atoms with Gasteiger partial charge >= 0.3 is 0 Å². The van der Waals surface area contributed by atoms with E-state index in [9.17, 15) is 4.79 Å². The van der Waals surface area contributed by atoms with Crippen molar-refractivity contribution in [2.75, 3.05) is 52.9 Å². The van der Waals surface area contributed by atoms with Crippen LogP contribution < -0.4 is 5.32 Å². The predicted octanol–water partition coefficient (Wildman–Crippen LogP) is 1.79. The molecular formula is C19H30BrN5O2. The molecule has 3 rings (SSSR count). The molecular weight excluding hydrogens is 410 g/mol. The van der Waals surface area contributed by atoms with E-state index >= 15 is 0 Å². The van der Waals surface area contributed by atoms with Gasteiger partial charge in [-0.15, -0.1) is 0 Å². The van der Waals surface area contributed by atoms with Gasteiger partial charge in [0.25, 0.3) is 0 Å². The molecule has 0 spiro atoms. The van der Waals surface area contributed by atoms with Gasteiger partial charge in [-0.3, -0.25) is 14.7 Å². The van der Waals surface area contributed by atoms with E-state index in [4.69, 9.17) is 4.42 Å². The number of hydrogen-bond donors (Lipinski definition) is 1. The lowest BCUT2D eigenvalue weighted by Gasteiger charge is -2.39. The molecule has 2 aliphatic rings. The Hall–Kier alpha value is -1.54. The smallest absolute Gasteiger partial charge is 0.239 e. The molecule has 1 amide bonds. The number of hydrogen-bond acceptors (Lipinski definition) is 4. The van der Waals surface area contributed by atoms with Crippen LogP contribution in [-0.2, 0) is 11.2 Å². The number of carbonyl (C=O) groups excluding carboxylic acids is 1. The quantitative estimate of drug-likeness (QED) is 0.559. The van der Waals surface area contributed by atoms with Gasteiger partial charge < -0.3 is 19.5 Å². The monoisotopic (exact) mass is 439 g/mol. The van der Waals surface area contributed by atoms with Gasteiger partial charge in [0.05, 0.1) is 6.04 Å². The van der Waals surface area contributed by atoms with Crippen molar-refractivity contribution < 1.29 is 9.21 Å². The van der Waals surface area contributed by atoms with Crippen LogP contribution >= 0.6 is 15.9 Å². The zero-order valence-electron chi connectivity index (χ0n) is 16.3. The second-order valence-corrected chi connectivity index (χ2v) is 7.94. The summed E-state index contributed by atoms with van der Waals surface area (Å²) in [5.41, 5.74) is 0. The van der Waals surface area contributed by atoms with E-state index in [1.807, 2.05) is 31.0 Å². The Morgan fingerprint density at radius 1 is 1.19 bits per heavy atom. The summed E-state index contributed by atoms with van der Waals surface area (Å²) in [5, 5.41) is 3.42. The van der Waals surface area contributed by atoms with E-state index in [-0.39, 0.29) is 11.9 Å². The van der Waals surface area contributed by atoms with Gasteiger partial charge in [0.15, 0.2) is 10.6 Å². The van der Waals surface area contributed by atoms with E-state index in [0.29, 0.717) is 0 Å². The molecule has 0 aromatic carbocycles. The van der Waals surface area contributed by atoms with E-state index in [1.165, 1.54) is 0 Å². The highest BCUT2D eigenvalue weighted by atomic mass is 79.9. The van der Waals surface area contributed by atoms with Crippen molar-refractivity contribution in [2.45, 2.75) is 32.2 Å². The maximum Gasteiger partial charge on any atom is 0.239 e. The van der Waals surface area contributed by atoms with Crippen LogP contribution in [0.4, 0.5) is 0 Å². The molecule has 0 bridgehead atoms. The Kier molecular flexibility index (Phi) is 7.18. The lowest BCUT2D eigenvalue weighted by atomic mass is 10.2. The topological polar surface area (TPSA) is 64.3 Å². The number of halogens is 1. The molecule has 7 nitrogen and oxygen atoms in total. The van der Waals surface area contributed by atoms with Crippen molar-refractivity contribution in [1.29, 1.82) is 0 Å². The fourth-order valence-corrected chi connectivity index (χ4v) is 4.13. The largest absolute Gasteiger partial charge is 0.454 e. The van der Waals surface area contributed by atoms with Crippen LogP contribution in [0, 0.1) is 0 Å². The molecule has 0 aliphatic carbocycles. The summed E-state index contributed by atoms with van der Waals surface area (Å²) in [6.07, 6.45) is 3.10. The molecule has 27 heavy (non-hydrogen) atoms. The molecule has 0 saturated carbocycles. The van der Waals surface area contributed by atoms with Crippen LogP contribution in [0.5, 0.6) is 0 Å². The van der Waals surface area contributed by atoms with Crippen LogP contribution in [0.1, 0.15) is 25.5 Å². The summed E-state index contributed by atoms with van der Waals surface area (Å²) in [5.74, 6) is 2.15. The molecule has 1 N–H and O–H groups in total. The van der Waals surface area contributed by atoms with Gasteiger partial charge in [-0.2, -0.15) is 0 Å². The summed E-state index contributed by atoms with van der Waals surface area (Å²) in [4.78, 5) is 23.6. The van der Waals surface area contributed by atoms with Crippen LogP contribution in [0.15, 0.2) is 26.2 Å². The summed E-state index contributed by atoms with van der Waals surface area (Å²) in [6.45, 7) is 8.19. The first kappa shape index (κ1) is 20.2. The van der Waals surface area contributed by atoms with Crippen molar-refractivity contribution in [3.05, 3.63) is 22.6 Å².